The lowest BCUT2D eigenvalue weighted by Gasteiger charge is -2.24. The minimum absolute atomic E-state index is 0.142. The highest BCUT2D eigenvalue weighted by atomic mass is 19.4. The maximum Gasteiger partial charge on any atom is 0.417 e. The zero-order valence-corrected chi connectivity index (χ0v) is 11.2. The molecule has 1 aromatic rings. The van der Waals surface area contributed by atoms with Crippen LogP contribution in [0.3, 0.4) is 0 Å². The first-order valence-corrected chi connectivity index (χ1v) is 6.43. The van der Waals surface area contributed by atoms with E-state index in [1.165, 1.54) is 17.0 Å². The lowest BCUT2D eigenvalue weighted by molar-refractivity contribution is -0.142. The number of carbonyl (C=O) groups is 2. The first-order valence-electron chi connectivity index (χ1n) is 6.43. The fourth-order valence-electron chi connectivity index (χ4n) is 2.63. The van der Waals surface area contributed by atoms with Gasteiger partial charge >= 0.3 is 12.1 Å². The summed E-state index contributed by atoms with van der Waals surface area (Å²) >= 11 is 0. The summed E-state index contributed by atoms with van der Waals surface area (Å²) in [7, 11) is 0. The van der Waals surface area contributed by atoms with Crippen molar-refractivity contribution in [1.29, 1.82) is 0 Å². The van der Waals surface area contributed by atoms with E-state index in [4.69, 9.17) is 5.11 Å². The number of halogens is 3. The van der Waals surface area contributed by atoms with Crippen LogP contribution in [0.1, 0.15) is 29.3 Å². The molecule has 1 amide bonds. The van der Waals surface area contributed by atoms with E-state index in [9.17, 15) is 22.8 Å². The van der Waals surface area contributed by atoms with Crippen LogP contribution in [-0.2, 0) is 11.0 Å². The van der Waals surface area contributed by atoms with Gasteiger partial charge < -0.3 is 10.0 Å². The molecule has 2 rings (SSSR count). The average molecular weight is 301 g/mol. The largest absolute Gasteiger partial charge is 0.481 e. The standard InChI is InChI=1S/C14H14F3NO3/c1-8-9(13(20)21)6-7-18(8)12(19)10-4-2-3-5-11(10)14(15,16)17/h2-5,8-9H,6-7H2,1H3,(H,20,21). The highest BCUT2D eigenvalue weighted by Gasteiger charge is 2.41. The van der Waals surface area contributed by atoms with Crippen LogP contribution < -0.4 is 0 Å². The molecule has 1 N–H and O–H groups in total. The molecule has 0 aromatic heterocycles. The molecule has 0 radical (unpaired) electrons. The minimum atomic E-state index is -4.62. The first-order chi connectivity index (χ1) is 9.73. The summed E-state index contributed by atoms with van der Waals surface area (Å²) in [5.74, 6) is -2.56. The smallest absolute Gasteiger partial charge is 0.417 e. The molecular weight excluding hydrogens is 287 g/mol. The molecule has 0 aliphatic carbocycles. The molecule has 1 heterocycles. The van der Waals surface area contributed by atoms with Gasteiger partial charge in [0.05, 0.1) is 17.0 Å². The topological polar surface area (TPSA) is 57.6 Å². The molecule has 0 spiro atoms. The van der Waals surface area contributed by atoms with E-state index >= 15 is 0 Å². The van der Waals surface area contributed by atoms with Gasteiger partial charge in [-0.05, 0) is 25.5 Å². The number of rotatable bonds is 2. The molecule has 1 aliphatic heterocycles. The van der Waals surface area contributed by atoms with E-state index < -0.39 is 41.1 Å². The number of carbonyl (C=O) groups excluding carboxylic acids is 1. The van der Waals surface area contributed by atoms with Gasteiger partial charge in [-0.3, -0.25) is 9.59 Å². The predicted octanol–water partition coefficient (Wildman–Crippen LogP) is 2.64. The first kappa shape index (κ1) is 15.3. The molecule has 1 fully saturated rings. The van der Waals surface area contributed by atoms with Gasteiger partial charge in [-0.1, -0.05) is 12.1 Å². The van der Waals surface area contributed by atoms with Crippen molar-refractivity contribution in [3.05, 3.63) is 35.4 Å². The Morgan fingerprint density at radius 2 is 1.90 bits per heavy atom. The number of alkyl halides is 3. The number of carboxylic acid groups (broad SMARTS) is 1. The monoisotopic (exact) mass is 301 g/mol. The summed E-state index contributed by atoms with van der Waals surface area (Å²) < 4.78 is 38.8. The van der Waals surface area contributed by atoms with Crippen molar-refractivity contribution in [2.24, 2.45) is 5.92 Å². The van der Waals surface area contributed by atoms with E-state index in [1.54, 1.807) is 6.92 Å². The van der Waals surface area contributed by atoms with E-state index in [2.05, 4.69) is 0 Å². The number of nitrogens with zero attached hydrogens (tertiary/aromatic N) is 1. The third-order valence-electron chi connectivity index (χ3n) is 3.80. The molecule has 2 atom stereocenters. The van der Waals surface area contributed by atoms with Crippen molar-refractivity contribution in [2.75, 3.05) is 6.54 Å². The minimum Gasteiger partial charge on any atom is -0.481 e. The second-order valence-electron chi connectivity index (χ2n) is 5.02. The van der Waals surface area contributed by atoms with Crippen LogP contribution in [0, 0.1) is 5.92 Å². The molecule has 114 valence electrons. The Hall–Kier alpha value is -2.05. The maximum absolute atomic E-state index is 12.9. The van der Waals surface area contributed by atoms with Gasteiger partial charge in [-0.15, -0.1) is 0 Å². The zero-order valence-electron chi connectivity index (χ0n) is 11.2. The van der Waals surface area contributed by atoms with Gasteiger partial charge in [0.15, 0.2) is 0 Å². The maximum atomic E-state index is 12.9. The van der Waals surface area contributed by atoms with E-state index in [0.29, 0.717) is 0 Å². The van der Waals surface area contributed by atoms with Crippen LogP contribution in [0.2, 0.25) is 0 Å². The Balaban J connectivity index is 2.32. The highest BCUT2D eigenvalue weighted by molar-refractivity contribution is 5.96. The number of amides is 1. The average Bonchev–Trinajstić information content (AvgIpc) is 2.79. The summed E-state index contributed by atoms with van der Waals surface area (Å²) in [6.07, 6.45) is -4.38. The number of aliphatic carboxylic acids is 1. The summed E-state index contributed by atoms with van der Waals surface area (Å²) in [4.78, 5) is 24.5. The van der Waals surface area contributed by atoms with Crippen LogP contribution in [-0.4, -0.2) is 34.5 Å². The molecular formula is C14H14F3NO3. The number of hydrogen-bond donors (Lipinski definition) is 1. The Kier molecular flexibility index (Phi) is 3.93. The molecule has 7 heteroatoms. The molecule has 2 unspecified atom stereocenters. The molecule has 1 aliphatic rings. The Labute approximate surface area is 119 Å². The van der Waals surface area contributed by atoms with Gasteiger partial charge in [0.25, 0.3) is 5.91 Å². The van der Waals surface area contributed by atoms with Crippen LogP contribution >= 0.6 is 0 Å². The molecule has 0 bridgehead atoms. The second kappa shape index (κ2) is 5.38. The van der Waals surface area contributed by atoms with Crippen molar-refractivity contribution in [3.63, 3.8) is 0 Å². The summed E-state index contributed by atoms with van der Waals surface area (Å²) in [6, 6.07) is 3.91. The van der Waals surface area contributed by atoms with Gasteiger partial charge in [-0.2, -0.15) is 13.2 Å². The predicted molar refractivity (Wildman–Crippen MR) is 67.7 cm³/mol. The Morgan fingerprint density at radius 1 is 1.29 bits per heavy atom. The second-order valence-corrected chi connectivity index (χ2v) is 5.02. The van der Waals surface area contributed by atoms with Gasteiger partial charge in [0.1, 0.15) is 0 Å². The van der Waals surface area contributed by atoms with E-state index in [-0.39, 0.29) is 13.0 Å². The normalized spacial score (nSPS) is 22.4. The van der Waals surface area contributed by atoms with Gasteiger partial charge in [0.2, 0.25) is 0 Å². The van der Waals surface area contributed by atoms with Crippen LogP contribution in [0.5, 0.6) is 0 Å². The lowest BCUT2D eigenvalue weighted by Crippen LogP contribution is -2.38. The van der Waals surface area contributed by atoms with Crippen molar-refractivity contribution in [2.45, 2.75) is 25.6 Å². The van der Waals surface area contributed by atoms with Crippen molar-refractivity contribution >= 4 is 11.9 Å². The van der Waals surface area contributed by atoms with E-state index in [1.807, 2.05) is 0 Å². The Bertz CT molecular complexity index is 571. The summed E-state index contributed by atoms with van der Waals surface area (Å²) in [6.45, 7) is 1.68. The molecule has 4 nitrogen and oxygen atoms in total. The summed E-state index contributed by atoms with van der Waals surface area (Å²) in [5.41, 5.74) is -1.44. The highest BCUT2D eigenvalue weighted by Crippen LogP contribution is 2.34. The Morgan fingerprint density at radius 3 is 2.43 bits per heavy atom. The van der Waals surface area contributed by atoms with Crippen molar-refractivity contribution < 1.29 is 27.9 Å². The molecule has 1 aromatic carbocycles. The van der Waals surface area contributed by atoms with Gasteiger partial charge in [0, 0.05) is 12.6 Å². The van der Waals surface area contributed by atoms with Crippen molar-refractivity contribution in [3.8, 4) is 0 Å². The van der Waals surface area contributed by atoms with Crippen molar-refractivity contribution in [1.82, 2.24) is 4.90 Å². The zero-order chi connectivity index (χ0) is 15.8. The van der Waals surface area contributed by atoms with Gasteiger partial charge in [-0.25, -0.2) is 0 Å². The SMILES string of the molecule is CC1C(C(=O)O)CCN1C(=O)c1ccccc1C(F)(F)F. The number of likely N-dealkylation sites (tertiary alicyclic amines) is 1. The fourth-order valence-corrected chi connectivity index (χ4v) is 2.63. The lowest BCUT2D eigenvalue weighted by atomic mass is 10.0. The molecule has 1 saturated heterocycles. The van der Waals surface area contributed by atoms with Crippen LogP contribution in [0.4, 0.5) is 13.2 Å². The third kappa shape index (κ3) is 2.86. The van der Waals surface area contributed by atoms with Crippen LogP contribution in [0.25, 0.3) is 0 Å². The van der Waals surface area contributed by atoms with E-state index in [0.717, 1.165) is 12.1 Å². The molecule has 21 heavy (non-hydrogen) atoms. The van der Waals surface area contributed by atoms with Crippen LogP contribution in [0.15, 0.2) is 24.3 Å². The quantitative estimate of drug-likeness (QED) is 0.913. The molecule has 0 saturated carbocycles. The number of hydrogen-bond acceptors (Lipinski definition) is 2. The summed E-state index contributed by atoms with van der Waals surface area (Å²) in [5, 5.41) is 9.02. The third-order valence-corrected chi connectivity index (χ3v) is 3.80. The number of carboxylic acids is 1. The number of benzene rings is 1. The fraction of sp³-hybridized carbons (Fsp3) is 0.429.